The van der Waals surface area contributed by atoms with Gasteiger partial charge in [0.05, 0.1) is 0 Å². The summed E-state index contributed by atoms with van der Waals surface area (Å²) in [6.07, 6.45) is 1.72. The number of nitrogens with two attached hydrogens (primary N) is 2. The maximum Gasteiger partial charge on any atom is 0.231 e. The van der Waals surface area contributed by atoms with Crippen molar-refractivity contribution in [1.29, 1.82) is 5.41 Å². The molecule has 0 saturated carbocycles. The van der Waals surface area contributed by atoms with Crippen LogP contribution in [0.5, 0.6) is 11.5 Å². The van der Waals surface area contributed by atoms with Crippen LogP contribution in [-0.2, 0) is 6.42 Å². The summed E-state index contributed by atoms with van der Waals surface area (Å²) in [4.78, 5) is 4.06. The van der Waals surface area contributed by atoms with Crippen LogP contribution in [0.15, 0.2) is 23.2 Å². The van der Waals surface area contributed by atoms with Gasteiger partial charge in [-0.05, 0) is 30.5 Å². The zero-order chi connectivity index (χ0) is 13.7. The highest BCUT2D eigenvalue weighted by atomic mass is 16.7. The van der Waals surface area contributed by atoms with Crippen LogP contribution in [0.4, 0.5) is 0 Å². The third-order valence-corrected chi connectivity index (χ3v) is 2.61. The van der Waals surface area contributed by atoms with E-state index in [9.17, 15) is 0 Å². The van der Waals surface area contributed by atoms with Crippen molar-refractivity contribution in [2.24, 2.45) is 16.5 Å². The van der Waals surface area contributed by atoms with E-state index in [1.165, 1.54) is 0 Å². The minimum absolute atomic E-state index is 0.165. The van der Waals surface area contributed by atoms with Crippen LogP contribution in [0.3, 0.4) is 0 Å². The van der Waals surface area contributed by atoms with Gasteiger partial charge >= 0.3 is 0 Å². The SMILES string of the molecule is N=C(N)NC(N)=NCCCc1ccc2c(c1)OCO2. The Morgan fingerprint density at radius 2 is 2.11 bits per heavy atom. The number of fused-ring (bicyclic) bond motifs is 1. The predicted octanol–water partition coefficient (Wildman–Crippen LogP) is 0.146. The smallest absolute Gasteiger partial charge is 0.231 e. The maximum absolute atomic E-state index is 6.99. The lowest BCUT2D eigenvalue weighted by Gasteiger charge is -2.03. The van der Waals surface area contributed by atoms with E-state index in [1.54, 1.807) is 0 Å². The molecule has 0 aliphatic carbocycles. The van der Waals surface area contributed by atoms with Crippen molar-refractivity contribution >= 4 is 11.9 Å². The highest BCUT2D eigenvalue weighted by Gasteiger charge is 2.12. The van der Waals surface area contributed by atoms with Crippen LogP contribution in [0.2, 0.25) is 0 Å². The Balaban J connectivity index is 1.78. The normalized spacial score (nSPS) is 13.4. The number of hydrogen-bond acceptors (Lipinski definition) is 4. The lowest BCUT2D eigenvalue weighted by molar-refractivity contribution is 0.174. The van der Waals surface area contributed by atoms with E-state index in [0.29, 0.717) is 6.54 Å². The Morgan fingerprint density at radius 3 is 2.89 bits per heavy atom. The average molecular weight is 263 g/mol. The Kier molecular flexibility index (Phi) is 4.07. The first kappa shape index (κ1) is 13.0. The summed E-state index contributed by atoms with van der Waals surface area (Å²) in [6, 6.07) is 5.89. The zero-order valence-corrected chi connectivity index (χ0v) is 10.5. The van der Waals surface area contributed by atoms with Crippen molar-refractivity contribution in [3.05, 3.63) is 23.8 Å². The Bertz CT molecular complexity index is 501. The van der Waals surface area contributed by atoms with Crippen molar-refractivity contribution < 1.29 is 9.47 Å². The molecular weight excluding hydrogens is 246 g/mol. The number of rotatable bonds is 4. The minimum atomic E-state index is -0.211. The Morgan fingerprint density at radius 1 is 1.32 bits per heavy atom. The van der Waals surface area contributed by atoms with Gasteiger partial charge in [0, 0.05) is 6.54 Å². The minimum Gasteiger partial charge on any atom is -0.454 e. The van der Waals surface area contributed by atoms with Crippen LogP contribution < -0.4 is 26.3 Å². The molecule has 0 spiro atoms. The first-order chi connectivity index (χ1) is 9.15. The molecule has 1 aliphatic rings. The first-order valence-electron chi connectivity index (χ1n) is 5.94. The fraction of sp³-hybridized carbons (Fsp3) is 0.333. The van der Waals surface area contributed by atoms with E-state index in [-0.39, 0.29) is 18.7 Å². The van der Waals surface area contributed by atoms with E-state index in [0.717, 1.165) is 29.9 Å². The summed E-state index contributed by atoms with van der Waals surface area (Å²) < 4.78 is 10.6. The number of hydrogen-bond donors (Lipinski definition) is 4. The Labute approximate surface area is 111 Å². The van der Waals surface area contributed by atoms with E-state index >= 15 is 0 Å². The summed E-state index contributed by atoms with van der Waals surface area (Å²) in [5, 5.41) is 9.42. The molecule has 0 atom stereocenters. The van der Waals surface area contributed by atoms with E-state index in [2.05, 4.69) is 10.3 Å². The van der Waals surface area contributed by atoms with Crippen LogP contribution in [-0.4, -0.2) is 25.3 Å². The molecule has 7 nitrogen and oxygen atoms in total. The van der Waals surface area contributed by atoms with Gasteiger partial charge in [0.25, 0.3) is 0 Å². The van der Waals surface area contributed by atoms with Gasteiger partial charge in [0.15, 0.2) is 23.4 Å². The molecule has 0 radical (unpaired) electrons. The van der Waals surface area contributed by atoms with Gasteiger partial charge in [-0.2, -0.15) is 0 Å². The van der Waals surface area contributed by atoms with Gasteiger partial charge < -0.3 is 20.9 Å². The number of guanidine groups is 2. The van der Waals surface area contributed by atoms with Crippen LogP contribution in [0.1, 0.15) is 12.0 Å². The average Bonchev–Trinajstić information content (AvgIpc) is 2.81. The molecule has 0 bridgehead atoms. The zero-order valence-electron chi connectivity index (χ0n) is 10.5. The topological polar surface area (TPSA) is 119 Å². The van der Waals surface area contributed by atoms with Gasteiger partial charge in [-0.25, -0.2) is 0 Å². The monoisotopic (exact) mass is 263 g/mol. The molecule has 0 fully saturated rings. The lowest BCUT2D eigenvalue weighted by atomic mass is 10.1. The molecule has 1 heterocycles. The van der Waals surface area contributed by atoms with Gasteiger partial charge in [0.2, 0.25) is 6.79 Å². The van der Waals surface area contributed by atoms with Crippen molar-refractivity contribution in [2.45, 2.75) is 12.8 Å². The summed E-state index contributed by atoms with van der Waals surface area (Å²) in [6.45, 7) is 0.858. The van der Waals surface area contributed by atoms with Crippen LogP contribution in [0.25, 0.3) is 0 Å². The molecule has 7 heteroatoms. The highest BCUT2D eigenvalue weighted by molar-refractivity contribution is 5.95. The molecule has 19 heavy (non-hydrogen) atoms. The van der Waals surface area contributed by atoms with Crippen molar-refractivity contribution in [3.63, 3.8) is 0 Å². The third-order valence-electron chi connectivity index (χ3n) is 2.61. The second kappa shape index (κ2) is 5.94. The van der Waals surface area contributed by atoms with Gasteiger partial charge in [0.1, 0.15) is 0 Å². The van der Waals surface area contributed by atoms with E-state index in [4.69, 9.17) is 26.4 Å². The van der Waals surface area contributed by atoms with Crippen LogP contribution >= 0.6 is 0 Å². The van der Waals surface area contributed by atoms with Gasteiger partial charge in [-0.1, -0.05) is 6.07 Å². The molecule has 2 rings (SSSR count). The van der Waals surface area contributed by atoms with Crippen molar-refractivity contribution in [1.82, 2.24) is 5.32 Å². The largest absolute Gasteiger partial charge is 0.454 e. The summed E-state index contributed by atoms with van der Waals surface area (Å²) in [7, 11) is 0. The number of ether oxygens (including phenoxy) is 2. The van der Waals surface area contributed by atoms with Crippen LogP contribution in [0, 0.1) is 5.41 Å². The van der Waals surface area contributed by atoms with Gasteiger partial charge in [-0.15, -0.1) is 0 Å². The summed E-state index contributed by atoms with van der Waals surface area (Å²) in [5.74, 6) is 1.53. The molecule has 1 aliphatic heterocycles. The molecule has 0 amide bonds. The predicted molar refractivity (Wildman–Crippen MR) is 72.4 cm³/mol. The molecule has 1 aromatic rings. The second-order valence-corrected chi connectivity index (χ2v) is 4.10. The van der Waals surface area contributed by atoms with Gasteiger partial charge in [-0.3, -0.25) is 15.7 Å². The lowest BCUT2D eigenvalue weighted by Crippen LogP contribution is -2.40. The van der Waals surface area contributed by atoms with Crippen molar-refractivity contribution in [2.75, 3.05) is 13.3 Å². The summed E-state index contributed by atoms with van der Waals surface area (Å²) >= 11 is 0. The second-order valence-electron chi connectivity index (χ2n) is 4.10. The third kappa shape index (κ3) is 3.77. The van der Waals surface area contributed by atoms with E-state index < -0.39 is 0 Å². The molecule has 0 saturated heterocycles. The maximum atomic E-state index is 6.99. The number of benzene rings is 1. The summed E-state index contributed by atoms with van der Waals surface area (Å²) in [5.41, 5.74) is 11.8. The standard InChI is InChI=1S/C12H17N5O2/c13-11(14)17-12(15)16-5-1-2-8-3-4-9-10(6-8)19-7-18-9/h3-4,6H,1-2,5,7H2,(H6,13,14,15,16,17). The van der Waals surface area contributed by atoms with Crippen molar-refractivity contribution in [3.8, 4) is 11.5 Å². The number of nitrogens with zero attached hydrogens (tertiary/aromatic N) is 1. The highest BCUT2D eigenvalue weighted by Crippen LogP contribution is 2.32. The number of aryl methyl sites for hydroxylation is 1. The number of aliphatic imine (C=N–C) groups is 1. The fourth-order valence-corrected chi connectivity index (χ4v) is 1.76. The number of nitrogens with one attached hydrogen (secondary N) is 2. The van der Waals surface area contributed by atoms with E-state index in [1.807, 2.05) is 18.2 Å². The first-order valence-corrected chi connectivity index (χ1v) is 5.94. The Hall–Kier alpha value is -2.44. The molecule has 1 aromatic carbocycles. The fourth-order valence-electron chi connectivity index (χ4n) is 1.76. The molecule has 0 aromatic heterocycles. The molecule has 0 unspecified atom stereocenters. The molecular formula is C12H17N5O2. The quantitative estimate of drug-likeness (QED) is 0.350. The molecule has 102 valence electrons. The molecule has 6 N–H and O–H groups in total.